The number of carbonyl (C=O) groups excluding carboxylic acids is 1. The van der Waals surface area contributed by atoms with Gasteiger partial charge in [-0.3, -0.25) is 9.78 Å². The number of carboxylic acid groups (broad SMARTS) is 1. The molecule has 0 atom stereocenters. The van der Waals surface area contributed by atoms with E-state index in [-0.39, 0.29) is 5.91 Å². The van der Waals surface area contributed by atoms with E-state index in [2.05, 4.69) is 15.3 Å². The predicted molar refractivity (Wildman–Crippen MR) is 77.8 cm³/mol. The highest BCUT2D eigenvalue weighted by atomic mass is 16.4. The molecule has 0 bridgehead atoms. The number of rotatable bonds is 4. The van der Waals surface area contributed by atoms with Crippen molar-refractivity contribution < 1.29 is 14.7 Å². The second kappa shape index (κ2) is 6.42. The van der Waals surface area contributed by atoms with Gasteiger partial charge >= 0.3 is 5.97 Å². The molecule has 0 saturated carbocycles. The fraction of sp³-hybridized carbons (Fsp3) is 0.0667. The van der Waals surface area contributed by atoms with Crippen LogP contribution in [-0.2, 0) is 4.79 Å². The maximum absolute atomic E-state index is 12.1. The van der Waals surface area contributed by atoms with E-state index in [1.807, 2.05) is 13.0 Å². The summed E-state index contributed by atoms with van der Waals surface area (Å²) in [5.74, 6) is -0.966. The number of pyridine rings is 2. The highest BCUT2D eigenvalue weighted by Gasteiger charge is 2.07. The average molecular weight is 283 g/mol. The summed E-state index contributed by atoms with van der Waals surface area (Å²) in [5, 5.41) is 11.2. The number of hydrogen-bond donors (Lipinski definition) is 2. The molecule has 0 unspecified atom stereocenters. The molecule has 0 aromatic carbocycles. The Morgan fingerprint density at radius 1 is 1.29 bits per heavy atom. The molecule has 2 N–H and O–H groups in total. The molecule has 0 aliphatic heterocycles. The minimum Gasteiger partial charge on any atom is -0.478 e. The van der Waals surface area contributed by atoms with Crippen LogP contribution in [0.2, 0.25) is 0 Å². The summed E-state index contributed by atoms with van der Waals surface area (Å²) in [4.78, 5) is 30.5. The Bertz CT molecular complexity index is 711. The highest BCUT2D eigenvalue weighted by Crippen LogP contribution is 2.10. The molecule has 1 amide bonds. The number of nitrogens with one attached hydrogen (secondary N) is 1. The molecular weight excluding hydrogens is 270 g/mol. The molecule has 0 aliphatic carbocycles. The van der Waals surface area contributed by atoms with Gasteiger partial charge in [0.05, 0.1) is 5.56 Å². The molecule has 0 saturated heterocycles. The van der Waals surface area contributed by atoms with Gasteiger partial charge in [0.1, 0.15) is 5.82 Å². The van der Waals surface area contributed by atoms with Gasteiger partial charge in [-0.15, -0.1) is 0 Å². The maximum Gasteiger partial charge on any atom is 0.328 e. The van der Waals surface area contributed by atoms with E-state index < -0.39 is 5.97 Å². The number of nitrogens with zero attached hydrogens (tertiary/aromatic N) is 2. The smallest absolute Gasteiger partial charge is 0.328 e. The van der Waals surface area contributed by atoms with Crippen LogP contribution in [0.15, 0.2) is 42.9 Å². The van der Waals surface area contributed by atoms with E-state index >= 15 is 0 Å². The Morgan fingerprint density at radius 2 is 2.10 bits per heavy atom. The normalized spacial score (nSPS) is 10.5. The van der Waals surface area contributed by atoms with Crippen molar-refractivity contribution >= 4 is 23.8 Å². The molecule has 6 nitrogen and oxygen atoms in total. The number of carboxylic acids is 1. The number of aliphatic carboxylic acids is 1. The molecule has 2 rings (SSSR count). The van der Waals surface area contributed by atoms with Gasteiger partial charge in [-0.25, -0.2) is 9.78 Å². The van der Waals surface area contributed by atoms with Crippen molar-refractivity contribution in [1.82, 2.24) is 9.97 Å². The summed E-state index contributed by atoms with van der Waals surface area (Å²) in [5.41, 5.74) is 1.84. The standard InChI is InChI=1S/C15H13N3O3/c1-10-4-5-17-13(6-10)18-15(21)12-7-11(8-16-9-12)2-3-14(19)20/h2-9H,1H3,(H,19,20)(H,17,18,21). The fourth-order valence-electron chi connectivity index (χ4n) is 1.63. The van der Waals surface area contributed by atoms with Crippen LogP contribution >= 0.6 is 0 Å². The summed E-state index contributed by atoms with van der Waals surface area (Å²) in [6.45, 7) is 1.90. The van der Waals surface area contributed by atoms with Gasteiger partial charge in [0.25, 0.3) is 5.91 Å². The third-order valence-corrected chi connectivity index (χ3v) is 2.60. The van der Waals surface area contributed by atoms with E-state index in [0.29, 0.717) is 16.9 Å². The number of aromatic nitrogens is 2. The molecule has 21 heavy (non-hydrogen) atoms. The van der Waals surface area contributed by atoms with Crippen molar-refractivity contribution in [3.63, 3.8) is 0 Å². The third kappa shape index (κ3) is 4.24. The number of amides is 1. The predicted octanol–water partition coefficient (Wildman–Crippen LogP) is 2.14. The molecule has 6 heteroatoms. The molecule has 0 radical (unpaired) electrons. The van der Waals surface area contributed by atoms with Crippen molar-refractivity contribution in [3.05, 3.63) is 59.6 Å². The van der Waals surface area contributed by atoms with Crippen molar-refractivity contribution in [2.75, 3.05) is 5.32 Å². The summed E-state index contributed by atoms with van der Waals surface area (Å²) in [6, 6.07) is 5.13. The zero-order chi connectivity index (χ0) is 15.2. The van der Waals surface area contributed by atoms with E-state index in [9.17, 15) is 9.59 Å². The number of aryl methyl sites for hydroxylation is 1. The highest BCUT2D eigenvalue weighted by molar-refractivity contribution is 6.04. The first-order valence-electron chi connectivity index (χ1n) is 6.14. The van der Waals surface area contributed by atoms with Gasteiger partial charge < -0.3 is 10.4 Å². The lowest BCUT2D eigenvalue weighted by molar-refractivity contribution is -0.131. The zero-order valence-corrected chi connectivity index (χ0v) is 11.3. The lowest BCUT2D eigenvalue weighted by Gasteiger charge is -2.05. The second-order valence-corrected chi connectivity index (χ2v) is 4.35. The Balaban J connectivity index is 2.16. The Hall–Kier alpha value is -3.02. The largest absolute Gasteiger partial charge is 0.478 e. The molecule has 2 heterocycles. The van der Waals surface area contributed by atoms with Crippen LogP contribution < -0.4 is 5.32 Å². The topological polar surface area (TPSA) is 92.2 Å². The number of carbonyl (C=O) groups is 2. The Morgan fingerprint density at radius 3 is 2.81 bits per heavy atom. The van der Waals surface area contributed by atoms with Crippen LogP contribution in [0.4, 0.5) is 5.82 Å². The molecule has 0 fully saturated rings. The Kier molecular flexibility index (Phi) is 4.40. The number of hydrogen-bond acceptors (Lipinski definition) is 4. The van der Waals surface area contributed by atoms with Gasteiger partial charge in [-0.2, -0.15) is 0 Å². The van der Waals surface area contributed by atoms with Crippen LogP contribution in [-0.4, -0.2) is 27.0 Å². The first-order valence-corrected chi connectivity index (χ1v) is 6.14. The van der Waals surface area contributed by atoms with Crippen LogP contribution in [0.5, 0.6) is 0 Å². The molecule has 2 aromatic heterocycles. The van der Waals surface area contributed by atoms with E-state index in [4.69, 9.17) is 5.11 Å². The van der Waals surface area contributed by atoms with Crippen LogP contribution in [0, 0.1) is 6.92 Å². The fourth-order valence-corrected chi connectivity index (χ4v) is 1.63. The molecule has 106 valence electrons. The van der Waals surface area contributed by atoms with E-state index in [1.165, 1.54) is 18.5 Å². The third-order valence-electron chi connectivity index (χ3n) is 2.60. The van der Waals surface area contributed by atoms with E-state index in [1.54, 1.807) is 18.3 Å². The average Bonchev–Trinajstić information content (AvgIpc) is 2.45. The van der Waals surface area contributed by atoms with Crippen molar-refractivity contribution in [3.8, 4) is 0 Å². The van der Waals surface area contributed by atoms with E-state index in [0.717, 1.165) is 11.6 Å². The van der Waals surface area contributed by atoms with Crippen molar-refractivity contribution in [2.24, 2.45) is 0 Å². The molecular formula is C15H13N3O3. The maximum atomic E-state index is 12.1. The van der Waals surface area contributed by atoms with Gasteiger partial charge in [0.15, 0.2) is 0 Å². The monoisotopic (exact) mass is 283 g/mol. The lowest BCUT2D eigenvalue weighted by Crippen LogP contribution is -2.13. The van der Waals surface area contributed by atoms with Gasteiger partial charge in [-0.1, -0.05) is 0 Å². The van der Waals surface area contributed by atoms with Gasteiger partial charge in [-0.05, 0) is 42.3 Å². The van der Waals surface area contributed by atoms with Gasteiger partial charge in [0.2, 0.25) is 0 Å². The first-order chi connectivity index (χ1) is 10.0. The second-order valence-electron chi connectivity index (χ2n) is 4.35. The molecule has 0 aliphatic rings. The minimum absolute atomic E-state index is 0.325. The lowest BCUT2D eigenvalue weighted by atomic mass is 10.2. The van der Waals surface area contributed by atoms with Crippen LogP contribution in [0.3, 0.4) is 0 Å². The first kappa shape index (κ1) is 14.4. The summed E-state index contributed by atoms with van der Waals surface area (Å²) < 4.78 is 0. The van der Waals surface area contributed by atoms with Crippen molar-refractivity contribution in [2.45, 2.75) is 6.92 Å². The van der Waals surface area contributed by atoms with Crippen LogP contribution in [0.25, 0.3) is 6.08 Å². The SMILES string of the molecule is Cc1ccnc(NC(=O)c2cncc(C=CC(=O)O)c2)c1. The molecule has 2 aromatic rings. The summed E-state index contributed by atoms with van der Waals surface area (Å²) in [6.07, 6.45) is 6.84. The Labute approximate surface area is 121 Å². The summed E-state index contributed by atoms with van der Waals surface area (Å²) >= 11 is 0. The summed E-state index contributed by atoms with van der Waals surface area (Å²) in [7, 11) is 0. The zero-order valence-electron chi connectivity index (χ0n) is 11.3. The molecule has 0 spiro atoms. The number of anilines is 1. The minimum atomic E-state index is -1.06. The quantitative estimate of drug-likeness (QED) is 0.839. The van der Waals surface area contributed by atoms with Crippen molar-refractivity contribution in [1.29, 1.82) is 0 Å². The van der Waals surface area contributed by atoms with Gasteiger partial charge in [0, 0.05) is 24.7 Å². The van der Waals surface area contributed by atoms with Crippen LogP contribution in [0.1, 0.15) is 21.5 Å².